The van der Waals surface area contributed by atoms with E-state index in [0.29, 0.717) is 6.54 Å². The molecule has 0 aliphatic rings. The van der Waals surface area contributed by atoms with E-state index in [9.17, 15) is 8.42 Å². The third-order valence-electron chi connectivity index (χ3n) is 3.27. The summed E-state index contributed by atoms with van der Waals surface area (Å²) in [5.74, 6) is 0. The Bertz CT molecular complexity index is 502. The van der Waals surface area contributed by atoms with Crippen molar-refractivity contribution in [3.63, 3.8) is 0 Å². The number of hydrogen-bond acceptors (Lipinski definition) is 2. The lowest BCUT2D eigenvalue weighted by Crippen LogP contribution is -2.34. The largest absolute Gasteiger partial charge is 0.276 e. The first-order valence-corrected chi connectivity index (χ1v) is 8.50. The van der Waals surface area contributed by atoms with Gasteiger partial charge >= 0.3 is 0 Å². The first kappa shape index (κ1) is 17.1. The van der Waals surface area contributed by atoms with Gasteiger partial charge in [-0.1, -0.05) is 45.0 Å². The van der Waals surface area contributed by atoms with Gasteiger partial charge in [-0.2, -0.15) is 8.42 Å². The molecule has 0 atom stereocenters. The summed E-state index contributed by atoms with van der Waals surface area (Å²) in [6.45, 7) is 7.09. The second-order valence-electron chi connectivity index (χ2n) is 6.01. The van der Waals surface area contributed by atoms with Crippen molar-refractivity contribution >= 4 is 10.2 Å². The van der Waals surface area contributed by atoms with E-state index in [-0.39, 0.29) is 5.41 Å². The minimum Gasteiger partial charge on any atom is -0.205 e. The summed E-state index contributed by atoms with van der Waals surface area (Å²) >= 11 is 0. The lowest BCUT2D eigenvalue weighted by Gasteiger charge is -2.19. The molecule has 0 bridgehead atoms. The van der Waals surface area contributed by atoms with E-state index in [1.54, 1.807) is 0 Å². The Balaban J connectivity index is 2.33. The number of rotatable bonds is 7. The van der Waals surface area contributed by atoms with Crippen molar-refractivity contribution in [1.29, 1.82) is 0 Å². The highest BCUT2D eigenvalue weighted by Crippen LogP contribution is 2.22. The number of benzene rings is 1. The molecule has 0 aliphatic heterocycles. The van der Waals surface area contributed by atoms with Crippen LogP contribution in [-0.4, -0.2) is 22.0 Å². The van der Waals surface area contributed by atoms with Crippen molar-refractivity contribution < 1.29 is 8.42 Å². The van der Waals surface area contributed by atoms with E-state index in [4.69, 9.17) is 0 Å². The summed E-state index contributed by atoms with van der Waals surface area (Å²) in [5.41, 5.74) is 2.82. The fourth-order valence-electron chi connectivity index (χ4n) is 1.90. The molecular formula is C15H26N2O2S. The van der Waals surface area contributed by atoms with Crippen LogP contribution in [0.1, 0.15) is 44.7 Å². The zero-order valence-corrected chi connectivity index (χ0v) is 13.7. The molecular weight excluding hydrogens is 272 g/mol. The van der Waals surface area contributed by atoms with Gasteiger partial charge in [-0.05, 0) is 35.8 Å². The van der Waals surface area contributed by atoms with Crippen LogP contribution in [0.15, 0.2) is 24.3 Å². The van der Waals surface area contributed by atoms with Gasteiger partial charge in [-0.3, -0.25) is 0 Å². The van der Waals surface area contributed by atoms with Gasteiger partial charge in [0.05, 0.1) is 0 Å². The van der Waals surface area contributed by atoms with Gasteiger partial charge in [-0.25, -0.2) is 9.44 Å². The smallest absolute Gasteiger partial charge is 0.205 e. The van der Waals surface area contributed by atoms with Crippen LogP contribution >= 0.6 is 0 Å². The molecule has 0 aromatic heterocycles. The summed E-state index contributed by atoms with van der Waals surface area (Å²) in [4.78, 5) is 0. The Morgan fingerprint density at radius 3 is 2.15 bits per heavy atom. The predicted molar refractivity (Wildman–Crippen MR) is 84.1 cm³/mol. The zero-order chi connectivity index (χ0) is 15.2. The van der Waals surface area contributed by atoms with Crippen molar-refractivity contribution in [3.8, 4) is 0 Å². The lowest BCUT2D eigenvalue weighted by molar-refractivity contribution is 0.568. The molecule has 0 saturated heterocycles. The molecule has 0 amide bonds. The summed E-state index contributed by atoms with van der Waals surface area (Å²) < 4.78 is 27.0. The second kappa shape index (κ2) is 7.20. The van der Waals surface area contributed by atoms with Gasteiger partial charge < -0.3 is 0 Å². The third-order valence-corrected chi connectivity index (χ3v) is 4.39. The molecule has 1 rings (SSSR count). The number of unbranched alkanes of at least 4 members (excludes halogenated alkanes) is 1. The van der Waals surface area contributed by atoms with Crippen LogP contribution < -0.4 is 9.44 Å². The highest BCUT2D eigenvalue weighted by molar-refractivity contribution is 7.87. The quantitative estimate of drug-likeness (QED) is 0.759. The van der Waals surface area contributed by atoms with E-state index in [2.05, 4.69) is 54.5 Å². The minimum absolute atomic E-state index is 0.184. The molecule has 20 heavy (non-hydrogen) atoms. The van der Waals surface area contributed by atoms with E-state index < -0.39 is 10.2 Å². The van der Waals surface area contributed by atoms with Crippen molar-refractivity contribution in [2.24, 2.45) is 0 Å². The first-order chi connectivity index (χ1) is 9.24. The molecule has 0 heterocycles. The summed E-state index contributed by atoms with van der Waals surface area (Å²) in [6.07, 6.45) is 2.79. The average Bonchev–Trinajstić information content (AvgIpc) is 2.38. The van der Waals surface area contributed by atoms with Crippen LogP contribution in [0.5, 0.6) is 0 Å². The van der Waals surface area contributed by atoms with Crippen molar-refractivity contribution in [2.75, 3.05) is 13.6 Å². The maximum atomic E-state index is 11.1. The number of nitrogens with one attached hydrogen (secondary N) is 2. The van der Waals surface area contributed by atoms with Crippen molar-refractivity contribution in [1.82, 2.24) is 9.44 Å². The first-order valence-electron chi connectivity index (χ1n) is 7.02. The fourth-order valence-corrected chi connectivity index (χ4v) is 2.46. The van der Waals surface area contributed by atoms with Crippen molar-refractivity contribution in [2.45, 2.75) is 45.4 Å². The fraction of sp³-hybridized carbons (Fsp3) is 0.600. The predicted octanol–water partition coefficient (Wildman–Crippen LogP) is 2.36. The SMILES string of the molecule is CNS(=O)(=O)NCCCCc1ccc(C(C)(C)C)cc1. The Morgan fingerprint density at radius 2 is 1.65 bits per heavy atom. The third kappa shape index (κ3) is 6.03. The summed E-state index contributed by atoms with van der Waals surface area (Å²) in [7, 11) is -1.88. The van der Waals surface area contributed by atoms with Gasteiger partial charge in [0.2, 0.25) is 0 Å². The molecule has 0 aliphatic carbocycles. The van der Waals surface area contributed by atoms with Crippen LogP contribution in [0.25, 0.3) is 0 Å². The van der Waals surface area contributed by atoms with Crippen LogP contribution in [0.3, 0.4) is 0 Å². The van der Waals surface area contributed by atoms with Crippen LogP contribution in [0.4, 0.5) is 0 Å². The van der Waals surface area contributed by atoms with Crippen molar-refractivity contribution in [3.05, 3.63) is 35.4 Å². The Labute approximate surface area is 123 Å². The zero-order valence-electron chi connectivity index (χ0n) is 12.9. The van der Waals surface area contributed by atoms with Crippen LogP contribution in [0, 0.1) is 0 Å². The highest BCUT2D eigenvalue weighted by atomic mass is 32.2. The monoisotopic (exact) mass is 298 g/mol. The molecule has 0 spiro atoms. The van der Waals surface area contributed by atoms with E-state index in [1.165, 1.54) is 18.2 Å². The molecule has 0 radical (unpaired) electrons. The van der Waals surface area contributed by atoms with E-state index in [1.807, 2.05) is 0 Å². The van der Waals surface area contributed by atoms with E-state index in [0.717, 1.165) is 19.3 Å². The Morgan fingerprint density at radius 1 is 1.05 bits per heavy atom. The van der Waals surface area contributed by atoms with Crippen LogP contribution in [-0.2, 0) is 22.0 Å². The minimum atomic E-state index is -3.29. The van der Waals surface area contributed by atoms with Crippen LogP contribution in [0.2, 0.25) is 0 Å². The van der Waals surface area contributed by atoms with Gasteiger partial charge in [0.15, 0.2) is 0 Å². The lowest BCUT2D eigenvalue weighted by atomic mass is 9.86. The summed E-state index contributed by atoms with van der Waals surface area (Å²) in [6, 6.07) is 8.69. The topological polar surface area (TPSA) is 58.2 Å². The standard InChI is InChI=1S/C15H26N2O2S/c1-15(2,3)14-10-8-13(9-11-14)7-5-6-12-17-20(18,19)16-4/h8-11,16-17H,5-7,12H2,1-4H3. The van der Waals surface area contributed by atoms with E-state index >= 15 is 0 Å². The second-order valence-corrected chi connectivity index (χ2v) is 7.71. The molecule has 1 aromatic carbocycles. The Kier molecular flexibility index (Phi) is 6.17. The number of aryl methyl sites for hydroxylation is 1. The molecule has 5 heteroatoms. The van der Waals surface area contributed by atoms with Gasteiger partial charge in [-0.15, -0.1) is 0 Å². The molecule has 0 unspecified atom stereocenters. The molecule has 0 fully saturated rings. The molecule has 2 N–H and O–H groups in total. The highest BCUT2D eigenvalue weighted by Gasteiger charge is 2.12. The normalized spacial score (nSPS) is 12.6. The molecule has 114 valence electrons. The maximum Gasteiger partial charge on any atom is 0.276 e. The summed E-state index contributed by atoms with van der Waals surface area (Å²) in [5, 5.41) is 0. The molecule has 1 aromatic rings. The van der Waals surface area contributed by atoms with Gasteiger partial charge in [0.1, 0.15) is 0 Å². The Hall–Kier alpha value is -0.910. The molecule has 4 nitrogen and oxygen atoms in total. The maximum absolute atomic E-state index is 11.1. The van der Waals surface area contributed by atoms with Gasteiger partial charge in [0.25, 0.3) is 10.2 Å². The average molecular weight is 298 g/mol. The molecule has 0 saturated carbocycles. The number of hydrogen-bond donors (Lipinski definition) is 2. The van der Waals surface area contributed by atoms with Gasteiger partial charge in [0, 0.05) is 13.6 Å².